The van der Waals surface area contributed by atoms with Gasteiger partial charge in [-0.2, -0.15) is 0 Å². The predicted octanol–water partition coefficient (Wildman–Crippen LogP) is 0.412. The fraction of sp³-hybridized carbons (Fsp3) is 0.143. The maximum atomic E-state index is 10.2. The molecular weight excluding hydrogens is 148 g/mol. The standard InChI is InChI=1S/C7H6O4/c1-2-3-5(7(10)11)4-6(8)9/h1,4H2,(H,8,9)(H,10,11). The molecule has 2 N–H and O–H groups in total. The maximum absolute atomic E-state index is 10.2. The highest BCUT2D eigenvalue weighted by molar-refractivity contribution is 5.91. The van der Waals surface area contributed by atoms with Crippen molar-refractivity contribution in [3.05, 3.63) is 23.6 Å². The molecule has 0 aromatic carbocycles. The zero-order valence-corrected chi connectivity index (χ0v) is 5.63. The van der Waals surface area contributed by atoms with Gasteiger partial charge in [0.1, 0.15) is 0 Å². The number of aliphatic carboxylic acids is 2. The average Bonchev–Trinajstić information content (AvgIpc) is 1.86. The summed E-state index contributed by atoms with van der Waals surface area (Å²) in [7, 11) is 0. The molecule has 0 bridgehead atoms. The van der Waals surface area contributed by atoms with Crippen molar-refractivity contribution in [1.82, 2.24) is 0 Å². The van der Waals surface area contributed by atoms with Crippen LogP contribution in [0.3, 0.4) is 0 Å². The zero-order valence-electron chi connectivity index (χ0n) is 5.63. The third-order valence-electron chi connectivity index (χ3n) is 0.825. The van der Waals surface area contributed by atoms with Crippen molar-refractivity contribution >= 4 is 11.9 Å². The molecule has 0 saturated heterocycles. The lowest BCUT2D eigenvalue weighted by atomic mass is 10.2. The van der Waals surface area contributed by atoms with Gasteiger partial charge in [0.2, 0.25) is 0 Å². The first-order chi connectivity index (χ1) is 5.07. The zero-order chi connectivity index (χ0) is 8.85. The molecule has 0 aliphatic carbocycles. The van der Waals surface area contributed by atoms with Crippen LogP contribution in [0.4, 0.5) is 0 Å². The van der Waals surface area contributed by atoms with E-state index < -0.39 is 18.4 Å². The summed E-state index contributed by atoms with van der Waals surface area (Å²) in [6, 6.07) is 0. The van der Waals surface area contributed by atoms with Crippen LogP contribution < -0.4 is 0 Å². The molecule has 0 aromatic rings. The molecule has 11 heavy (non-hydrogen) atoms. The number of hydrogen-bond acceptors (Lipinski definition) is 2. The predicted molar refractivity (Wildman–Crippen MR) is 36.1 cm³/mol. The molecule has 0 rings (SSSR count). The molecule has 0 aliphatic heterocycles. The van der Waals surface area contributed by atoms with Crippen molar-refractivity contribution in [3.63, 3.8) is 0 Å². The Labute approximate surface area is 62.8 Å². The van der Waals surface area contributed by atoms with Gasteiger partial charge in [-0.15, -0.1) is 0 Å². The minimum absolute atomic E-state index is 0.354. The van der Waals surface area contributed by atoms with E-state index in [9.17, 15) is 9.59 Å². The normalized spacial score (nSPS) is 7.64. The summed E-state index contributed by atoms with van der Waals surface area (Å²) in [5.74, 6) is -2.53. The molecule has 4 nitrogen and oxygen atoms in total. The lowest BCUT2D eigenvalue weighted by molar-refractivity contribution is -0.139. The second kappa shape index (κ2) is 4.12. The van der Waals surface area contributed by atoms with Gasteiger partial charge in [0, 0.05) is 0 Å². The van der Waals surface area contributed by atoms with Crippen molar-refractivity contribution in [3.8, 4) is 0 Å². The Balaban J connectivity index is 4.65. The summed E-state index contributed by atoms with van der Waals surface area (Å²) in [5, 5.41) is 16.5. The molecule has 0 aromatic heterocycles. The van der Waals surface area contributed by atoms with Gasteiger partial charge < -0.3 is 10.2 Å². The van der Waals surface area contributed by atoms with E-state index in [-0.39, 0.29) is 5.57 Å². The molecule has 0 atom stereocenters. The van der Waals surface area contributed by atoms with Gasteiger partial charge >= 0.3 is 11.9 Å². The van der Waals surface area contributed by atoms with Crippen molar-refractivity contribution < 1.29 is 19.8 Å². The number of carboxylic acid groups (broad SMARTS) is 2. The molecule has 4 heteroatoms. The monoisotopic (exact) mass is 154 g/mol. The quantitative estimate of drug-likeness (QED) is 0.456. The summed E-state index contributed by atoms with van der Waals surface area (Å²) < 4.78 is 0. The Bertz CT molecular complexity index is 264. The topological polar surface area (TPSA) is 74.6 Å². The molecule has 0 fully saturated rings. The smallest absolute Gasteiger partial charge is 0.340 e. The van der Waals surface area contributed by atoms with E-state index >= 15 is 0 Å². The number of hydrogen-bond donors (Lipinski definition) is 2. The van der Waals surface area contributed by atoms with E-state index in [1.54, 1.807) is 0 Å². The molecule has 0 spiro atoms. The van der Waals surface area contributed by atoms with Crippen molar-refractivity contribution in [2.75, 3.05) is 0 Å². The van der Waals surface area contributed by atoms with Crippen LogP contribution in [0.15, 0.2) is 23.6 Å². The molecule has 0 aliphatic rings. The molecule has 0 radical (unpaired) electrons. The first kappa shape index (κ1) is 9.24. The fourth-order valence-electron chi connectivity index (χ4n) is 0.431. The lowest BCUT2D eigenvalue weighted by Crippen LogP contribution is -2.05. The van der Waals surface area contributed by atoms with Crippen LogP contribution in [0.2, 0.25) is 0 Å². The highest BCUT2D eigenvalue weighted by Gasteiger charge is 2.10. The molecule has 0 heterocycles. The minimum Gasteiger partial charge on any atom is -0.481 e. The highest BCUT2D eigenvalue weighted by atomic mass is 16.4. The Morgan fingerprint density at radius 1 is 1.36 bits per heavy atom. The van der Waals surface area contributed by atoms with Crippen molar-refractivity contribution in [1.29, 1.82) is 0 Å². The van der Waals surface area contributed by atoms with Gasteiger partial charge in [-0.05, 0) is 6.58 Å². The Morgan fingerprint density at radius 3 is 2.18 bits per heavy atom. The molecular formula is C7H6O4. The molecule has 0 saturated carbocycles. The van der Waals surface area contributed by atoms with Crippen LogP contribution in [0.5, 0.6) is 0 Å². The molecule has 58 valence electrons. The van der Waals surface area contributed by atoms with Gasteiger partial charge in [0.25, 0.3) is 0 Å². The number of carboxylic acids is 2. The van der Waals surface area contributed by atoms with E-state index in [2.05, 4.69) is 18.0 Å². The van der Waals surface area contributed by atoms with E-state index in [4.69, 9.17) is 10.2 Å². The maximum Gasteiger partial charge on any atom is 0.340 e. The van der Waals surface area contributed by atoms with Crippen LogP contribution in [0.1, 0.15) is 6.42 Å². The SMILES string of the molecule is C=C=C=C(CC(=O)O)C(=O)O. The van der Waals surface area contributed by atoms with Crippen LogP contribution in [0, 0.1) is 0 Å². The van der Waals surface area contributed by atoms with Crippen LogP contribution >= 0.6 is 0 Å². The summed E-state index contributed by atoms with van der Waals surface area (Å²) in [6.07, 6.45) is -0.572. The lowest BCUT2D eigenvalue weighted by Gasteiger charge is -1.90. The Hall–Kier alpha value is -1.76. The van der Waals surface area contributed by atoms with Gasteiger partial charge in [0.05, 0.1) is 12.0 Å². The largest absolute Gasteiger partial charge is 0.481 e. The molecule has 0 unspecified atom stereocenters. The summed E-state index contributed by atoms with van der Waals surface area (Å²) in [6.45, 7) is 3.08. The van der Waals surface area contributed by atoms with Gasteiger partial charge in [-0.25, -0.2) is 4.79 Å². The van der Waals surface area contributed by atoms with Gasteiger partial charge in [-0.3, -0.25) is 4.79 Å². The fourth-order valence-corrected chi connectivity index (χ4v) is 0.431. The molecule has 0 amide bonds. The second-order valence-electron chi connectivity index (χ2n) is 1.66. The van der Waals surface area contributed by atoms with Crippen molar-refractivity contribution in [2.24, 2.45) is 0 Å². The van der Waals surface area contributed by atoms with Gasteiger partial charge in [0.15, 0.2) is 0 Å². The number of rotatable bonds is 3. The van der Waals surface area contributed by atoms with Crippen LogP contribution in [0.25, 0.3) is 0 Å². The van der Waals surface area contributed by atoms with E-state index in [1.165, 1.54) is 0 Å². The van der Waals surface area contributed by atoms with E-state index in [0.29, 0.717) is 0 Å². The van der Waals surface area contributed by atoms with Crippen LogP contribution in [-0.4, -0.2) is 22.2 Å². The second-order valence-corrected chi connectivity index (χ2v) is 1.66. The minimum atomic E-state index is -1.32. The number of carbonyl (C=O) groups is 2. The van der Waals surface area contributed by atoms with E-state index in [0.717, 1.165) is 0 Å². The van der Waals surface area contributed by atoms with Crippen LogP contribution in [-0.2, 0) is 9.59 Å². The summed E-state index contributed by atoms with van der Waals surface area (Å²) >= 11 is 0. The summed E-state index contributed by atoms with van der Waals surface area (Å²) in [5.41, 5.74) is 3.81. The third-order valence-corrected chi connectivity index (χ3v) is 0.825. The Morgan fingerprint density at radius 2 is 1.91 bits per heavy atom. The first-order valence-corrected chi connectivity index (χ1v) is 2.67. The van der Waals surface area contributed by atoms with E-state index in [1.807, 2.05) is 0 Å². The van der Waals surface area contributed by atoms with Crippen molar-refractivity contribution in [2.45, 2.75) is 6.42 Å². The first-order valence-electron chi connectivity index (χ1n) is 2.67. The average molecular weight is 154 g/mol. The summed E-state index contributed by atoms with van der Waals surface area (Å²) in [4.78, 5) is 20.2. The van der Waals surface area contributed by atoms with Gasteiger partial charge in [-0.1, -0.05) is 11.5 Å². The third kappa shape index (κ3) is 3.76. The highest BCUT2D eigenvalue weighted by Crippen LogP contribution is 1.97. The Kier molecular flexibility index (Phi) is 3.46.